The molecule has 0 spiro atoms. The van der Waals surface area contributed by atoms with Crippen molar-refractivity contribution in [2.75, 3.05) is 77.9 Å². The molecular formula is C46H73N7O13S2. The van der Waals surface area contributed by atoms with E-state index in [9.17, 15) is 42.0 Å². The first kappa shape index (κ1) is 52.6. The summed E-state index contributed by atoms with van der Waals surface area (Å²) in [7, 11) is -3.42. The predicted molar refractivity (Wildman–Crippen MR) is 248 cm³/mol. The molecule has 7 amide bonds. The number of hydrogen-bond donors (Lipinski definition) is 5. The van der Waals surface area contributed by atoms with Gasteiger partial charge in [-0.1, -0.05) is 25.7 Å². The fourth-order valence-corrected chi connectivity index (χ4v) is 13.1. The van der Waals surface area contributed by atoms with Crippen molar-refractivity contribution in [3.05, 3.63) is 0 Å². The quantitative estimate of drug-likeness (QED) is 0.0701. The zero-order valence-electron chi connectivity index (χ0n) is 39.5. The smallest absolute Gasteiger partial charge is 0.249 e. The third-order valence-electron chi connectivity index (χ3n) is 15.0. The Labute approximate surface area is 404 Å². The molecular weight excluding hydrogens is 923 g/mol. The number of carbonyl (C=O) groups excluding carboxylic acids is 7. The second kappa shape index (κ2) is 25.2. The minimum atomic E-state index is -3.42. The van der Waals surface area contributed by atoms with Gasteiger partial charge in [0.15, 0.2) is 0 Å². The minimum absolute atomic E-state index is 0.00652. The van der Waals surface area contributed by atoms with Gasteiger partial charge in [-0.05, 0) is 82.0 Å². The van der Waals surface area contributed by atoms with Gasteiger partial charge in [-0.25, -0.2) is 12.7 Å². The lowest BCUT2D eigenvalue weighted by Gasteiger charge is -2.30. The summed E-state index contributed by atoms with van der Waals surface area (Å²) in [6.07, 6.45) is 13.2. The number of piperidine rings is 1. The highest BCUT2D eigenvalue weighted by molar-refractivity contribution is 8.00. The molecule has 3 saturated carbocycles. The fraction of sp³-hybridized carbons (Fsp3) is 0.848. The monoisotopic (exact) mass is 995 g/mol. The zero-order chi connectivity index (χ0) is 48.2. The molecule has 0 radical (unpaired) electrons. The molecule has 68 heavy (non-hydrogen) atoms. The highest BCUT2D eigenvalue weighted by Crippen LogP contribution is 2.41. The predicted octanol–water partition coefficient (Wildman–Crippen LogP) is 0.776. The van der Waals surface area contributed by atoms with Crippen molar-refractivity contribution in [2.24, 2.45) is 35.5 Å². The van der Waals surface area contributed by atoms with Crippen LogP contribution in [-0.4, -0.2) is 167 Å². The van der Waals surface area contributed by atoms with Crippen molar-refractivity contribution in [3.63, 3.8) is 0 Å². The van der Waals surface area contributed by atoms with E-state index in [4.69, 9.17) is 18.9 Å². The first-order valence-electron chi connectivity index (χ1n) is 25.0. The van der Waals surface area contributed by atoms with Gasteiger partial charge < -0.3 is 34.9 Å². The number of carbonyl (C=O) groups is 7. The summed E-state index contributed by atoms with van der Waals surface area (Å²) in [5.41, 5.74) is -0.257. The van der Waals surface area contributed by atoms with Crippen LogP contribution >= 0.6 is 11.8 Å². The first-order valence-corrected chi connectivity index (χ1v) is 27.9. The summed E-state index contributed by atoms with van der Waals surface area (Å²) < 4.78 is 48.9. The molecule has 4 saturated heterocycles. The normalized spacial score (nSPS) is 31.1. The molecule has 0 aromatic carbocycles. The number of nitrogens with zero attached hydrogens (tertiary/aromatic N) is 2. The lowest BCUT2D eigenvalue weighted by molar-refractivity contribution is -0.152. The van der Waals surface area contributed by atoms with Crippen molar-refractivity contribution >= 4 is 63.1 Å². The lowest BCUT2D eigenvalue weighted by atomic mass is 9.79. The van der Waals surface area contributed by atoms with E-state index < -0.39 is 63.7 Å². The van der Waals surface area contributed by atoms with Crippen molar-refractivity contribution < 1.29 is 60.9 Å². The maximum absolute atomic E-state index is 13.6. The van der Waals surface area contributed by atoms with Gasteiger partial charge in [-0.15, -0.1) is 11.8 Å². The van der Waals surface area contributed by atoms with Crippen LogP contribution in [0.5, 0.6) is 0 Å². The maximum Gasteiger partial charge on any atom is 0.249 e. The molecule has 7 rings (SSSR count). The molecule has 22 heteroatoms. The lowest BCUT2D eigenvalue weighted by Crippen LogP contribution is -2.55. The second-order valence-corrected chi connectivity index (χ2v) is 22.9. The Morgan fingerprint density at radius 1 is 0.824 bits per heavy atom. The van der Waals surface area contributed by atoms with Crippen LogP contribution in [0.1, 0.15) is 103 Å². The maximum atomic E-state index is 13.6. The summed E-state index contributed by atoms with van der Waals surface area (Å²) in [6, 6.07) is -1.54. The Hall–Kier alpha value is -3.25. The van der Waals surface area contributed by atoms with Gasteiger partial charge >= 0.3 is 0 Å². The SMILES string of the molecule is CS(=O)(=O)N1CCC(C(=O)N[C@@H](COCC2CCC(CNC(=O)CCOCCOCCOC3CCCC4C(=O)N(C5CCC(=O)NC5=O)C(=O)C34)CC2)C(=O)NC2NC(C3CCCCC3)CS2)C1. The van der Waals surface area contributed by atoms with E-state index in [1.165, 1.54) is 36.4 Å². The van der Waals surface area contributed by atoms with Crippen molar-refractivity contribution in [2.45, 2.75) is 132 Å². The molecule has 0 aromatic heterocycles. The number of fused-ring (bicyclic) bond motifs is 1. The third-order valence-corrected chi connectivity index (χ3v) is 17.4. The molecule has 20 nitrogen and oxygen atoms in total. The molecule has 4 heterocycles. The van der Waals surface area contributed by atoms with Crippen LogP contribution in [0.4, 0.5) is 0 Å². The molecule has 4 aliphatic heterocycles. The molecule has 3 aliphatic carbocycles. The first-order chi connectivity index (χ1) is 32.7. The van der Waals surface area contributed by atoms with Gasteiger partial charge in [0.05, 0.1) is 69.8 Å². The molecule has 8 atom stereocenters. The molecule has 382 valence electrons. The van der Waals surface area contributed by atoms with E-state index in [1.807, 2.05) is 0 Å². The number of thioether (sulfide) groups is 1. The van der Waals surface area contributed by atoms with E-state index in [2.05, 4.69) is 26.6 Å². The Balaban J connectivity index is 0.730. The summed E-state index contributed by atoms with van der Waals surface area (Å²) in [6.45, 7) is 2.70. The minimum Gasteiger partial charge on any atom is -0.379 e. The number of sulfonamides is 1. The van der Waals surface area contributed by atoms with Gasteiger partial charge in [-0.2, -0.15) is 0 Å². The average molecular weight is 996 g/mol. The van der Waals surface area contributed by atoms with E-state index >= 15 is 0 Å². The highest BCUT2D eigenvalue weighted by Gasteiger charge is 2.56. The van der Waals surface area contributed by atoms with Gasteiger partial charge in [-0.3, -0.25) is 49.1 Å². The van der Waals surface area contributed by atoms with Crippen LogP contribution in [0.15, 0.2) is 0 Å². The summed E-state index contributed by atoms with van der Waals surface area (Å²) in [4.78, 5) is 91.2. The number of likely N-dealkylation sites (tertiary alicyclic amines) is 1. The van der Waals surface area contributed by atoms with E-state index in [0.717, 1.165) is 49.0 Å². The molecule has 0 bridgehead atoms. The van der Waals surface area contributed by atoms with Gasteiger partial charge in [0.2, 0.25) is 51.4 Å². The van der Waals surface area contributed by atoms with Crippen LogP contribution in [0.2, 0.25) is 0 Å². The van der Waals surface area contributed by atoms with E-state index in [0.29, 0.717) is 63.5 Å². The van der Waals surface area contributed by atoms with E-state index in [1.54, 1.807) is 11.8 Å². The highest BCUT2D eigenvalue weighted by atomic mass is 32.2. The Kier molecular flexibility index (Phi) is 19.5. The summed E-state index contributed by atoms with van der Waals surface area (Å²) >= 11 is 1.67. The fourth-order valence-electron chi connectivity index (χ4n) is 11.0. The van der Waals surface area contributed by atoms with Crippen LogP contribution < -0.4 is 26.6 Å². The largest absolute Gasteiger partial charge is 0.379 e. The van der Waals surface area contributed by atoms with Crippen molar-refractivity contribution in [1.29, 1.82) is 0 Å². The number of imide groups is 2. The molecule has 0 aromatic rings. The Bertz CT molecular complexity index is 1900. The number of rotatable bonds is 23. The Morgan fingerprint density at radius 2 is 1.56 bits per heavy atom. The Morgan fingerprint density at radius 3 is 2.29 bits per heavy atom. The van der Waals surface area contributed by atoms with Crippen molar-refractivity contribution in [1.82, 2.24) is 35.8 Å². The molecule has 7 fully saturated rings. The van der Waals surface area contributed by atoms with Crippen LogP contribution in [0.3, 0.4) is 0 Å². The molecule has 7 aliphatic rings. The molecule has 7 unspecified atom stereocenters. The van der Waals surface area contributed by atoms with Gasteiger partial charge in [0.25, 0.3) is 0 Å². The summed E-state index contributed by atoms with van der Waals surface area (Å²) in [5.74, 6) is -2.13. The van der Waals surface area contributed by atoms with Gasteiger partial charge in [0.1, 0.15) is 17.6 Å². The standard InChI is InChI=1S/C46H73N7O13S2/c1-68(61,62)52-18-16-32(25-52)41(56)48-34(42(57)51-46-49-35(28-67-46)31-6-3-2-4-7-31)27-65-26-30-12-10-29(11-13-30)24-47-38(54)17-19-63-20-21-64-22-23-66-37-9-5-8-33-40(37)45(60)53(44(33)59)36-14-15-39(55)50-43(36)58/h29-37,40,46,49H,2-28H2,1H3,(H,47,54)(H,48,56)(H,51,57)(H,50,55,58)/t29?,30?,32?,33?,34-,35?,36?,37?,40?,46?/m0/s1. The van der Waals surface area contributed by atoms with Gasteiger partial charge in [0, 0.05) is 50.9 Å². The van der Waals surface area contributed by atoms with Crippen LogP contribution in [0, 0.1) is 35.5 Å². The number of ether oxygens (including phenoxy) is 4. The number of nitrogens with one attached hydrogen (secondary N) is 5. The zero-order valence-corrected chi connectivity index (χ0v) is 41.1. The summed E-state index contributed by atoms with van der Waals surface area (Å²) in [5, 5.41) is 14.8. The topological polar surface area (TPSA) is 257 Å². The number of hydrogen-bond acceptors (Lipinski definition) is 15. The second-order valence-electron chi connectivity index (χ2n) is 19.7. The van der Waals surface area contributed by atoms with Crippen molar-refractivity contribution in [3.8, 4) is 0 Å². The number of amides is 7. The van der Waals surface area contributed by atoms with Crippen LogP contribution in [-0.2, 0) is 62.5 Å². The average Bonchev–Trinajstić information content (AvgIpc) is 4.08. The van der Waals surface area contributed by atoms with Crippen LogP contribution in [0.25, 0.3) is 0 Å². The van der Waals surface area contributed by atoms with E-state index in [-0.39, 0.29) is 93.8 Å². The molecule has 5 N–H and O–H groups in total. The third kappa shape index (κ3) is 14.4.